The Morgan fingerprint density at radius 3 is 2.91 bits per heavy atom. The number of aryl methyl sites for hydroxylation is 1. The van der Waals surface area contributed by atoms with E-state index in [9.17, 15) is 8.42 Å². The molecule has 0 bridgehead atoms. The zero-order valence-corrected chi connectivity index (χ0v) is 15.3. The van der Waals surface area contributed by atoms with Crippen LogP contribution in [-0.2, 0) is 21.3 Å². The molecule has 0 amide bonds. The molecule has 0 N–H and O–H groups in total. The van der Waals surface area contributed by atoms with E-state index in [2.05, 4.69) is 23.3 Å². The van der Waals surface area contributed by atoms with Crippen LogP contribution in [0.15, 0.2) is 11.4 Å². The minimum Gasteiger partial charge on any atom is -0.383 e. The molecule has 0 spiro atoms. The van der Waals surface area contributed by atoms with Gasteiger partial charge in [-0.05, 0) is 43.3 Å². The Balaban J connectivity index is 1.99. The van der Waals surface area contributed by atoms with Crippen LogP contribution in [0.25, 0.3) is 0 Å². The highest BCUT2D eigenvalue weighted by atomic mass is 32.2. The van der Waals surface area contributed by atoms with E-state index in [4.69, 9.17) is 4.74 Å². The van der Waals surface area contributed by atoms with Crippen LogP contribution in [0.3, 0.4) is 0 Å². The monoisotopic (exact) mass is 346 g/mol. The molecule has 7 heteroatoms. The Morgan fingerprint density at radius 1 is 1.50 bits per heavy atom. The van der Waals surface area contributed by atoms with Gasteiger partial charge >= 0.3 is 0 Å². The molecule has 1 atom stereocenters. The summed E-state index contributed by atoms with van der Waals surface area (Å²) in [5.41, 5.74) is 1.30. The van der Waals surface area contributed by atoms with Crippen molar-refractivity contribution >= 4 is 21.4 Å². The predicted molar refractivity (Wildman–Crippen MR) is 90.8 cm³/mol. The molecule has 0 aliphatic carbocycles. The summed E-state index contributed by atoms with van der Waals surface area (Å²) in [5, 5.41) is 1.80. The minimum atomic E-state index is -3.24. The molecule has 0 unspecified atom stereocenters. The van der Waals surface area contributed by atoms with Gasteiger partial charge in [-0.25, -0.2) is 12.7 Å². The van der Waals surface area contributed by atoms with Crippen LogP contribution in [0.2, 0.25) is 0 Å². The highest BCUT2D eigenvalue weighted by Gasteiger charge is 2.33. The summed E-state index contributed by atoms with van der Waals surface area (Å²) in [6, 6.07) is 2.12. The standard InChI is InChI=1S/C15H26N2O3S2/c1-13-6-10-21-15(13)12-17-7-4-5-14(11-17)22(18,19)16(2)8-9-20-3/h6,10,14H,4-5,7-9,11-12H2,1-3H3/t14-/m0/s1. The van der Waals surface area contributed by atoms with Crippen molar-refractivity contribution in [2.45, 2.75) is 31.6 Å². The highest BCUT2D eigenvalue weighted by Crippen LogP contribution is 2.24. The lowest BCUT2D eigenvalue weighted by molar-refractivity contribution is 0.182. The predicted octanol–water partition coefficient (Wildman–Crippen LogP) is 1.93. The summed E-state index contributed by atoms with van der Waals surface area (Å²) in [6.45, 7) is 5.42. The van der Waals surface area contributed by atoms with Crippen LogP contribution in [0.4, 0.5) is 0 Å². The second-order valence-electron chi connectivity index (χ2n) is 5.89. The van der Waals surface area contributed by atoms with Crippen molar-refractivity contribution in [3.63, 3.8) is 0 Å². The van der Waals surface area contributed by atoms with Crippen LogP contribution in [-0.4, -0.2) is 63.3 Å². The van der Waals surface area contributed by atoms with Gasteiger partial charge in [-0.1, -0.05) is 0 Å². The number of likely N-dealkylation sites (tertiary alicyclic amines) is 1. The van der Waals surface area contributed by atoms with E-state index >= 15 is 0 Å². The van der Waals surface area contributed by atoms with E-state index in [0.29, 0.717) is 19.7 Å². The molecular weight excluding hydrogens is 320 g/mol. The fourth-order valence-corrected chi connectivity index (χ4v) is 5.42. The van der Waals surface area contributed by atoms with Crippen molar-refractivity contribution in [3.05, 3.63) is 21.9 Å². The van der Waals surface area contributed by atoms with E-state index in [1.807, 2.05) is 0 Å². The maximum absolute atomic E-state index is 12.7. The SMILES string of the molecule is COCCN(C)S(=O)(=O)[C@H]1CCCN(Cc2sccc2C)C1. The second kappa shape index (κ2) is 7.88. The largest absolute Gasteiger partial charge is 0.383 e. The number of hydrogen-bond acceptors (Lipinski definition) is 5. The molecule has 2 heterocycles. The number of nitrogens with zero attached hydrogens (tertiary/aromatic N) is 2. The van der Waals surface area contributed by atoms with Crippen molar-refractivity contribution in [2.24, 2.45) is 0 Å². The second-order valence-corrected chi connectivity index (χ2v) is 9.21. The third-order valence-corrected chi connectivity index (χ3v) is 7.55. The van der Waals surface area contributed by atoms with E-state index in [-0.39, 0.29) is 5.25 Å². The number of hydrogen-bond donors (Lipinski definition) is 0. The Hall–Kier alpha value is -0.470. The summed E-state index contributed by atoms with van der Waals surface area (Å²) in [5.74, 6) is 0. The number of rotatable bonds is 7. The lowest BCUT2D eigenvalue weighted by Crippen LogP contribution is -2.47. The van der Waals surface area contributed by atoms with Gasteiger partial charge in [-0.15, -0.1) is 11.3 Å². The first-order valence-electron chi connectivity index (χ1n) is 7.64. The number of methoxy groups -OCH3 is 1. The quantitative estimate of drug-likeness (QED) is 0.757. The first-order chi connectivity index (χ1) is 10.4. The summed E-state index contributed by atoms with van der Waals surface area (Å²) >= 11 is 1.75. The summed E-state index contributed by atoms with van der Waals surface area (Å²) in [4.78, 5) is 3.61. The molecule has 0 radical (unpaired) electrons. The van der Waals surface area contributed by atoms with Crippen LogP contribution < -0.4 is 0 Å². The molecule has 1 aromatic rings. The first-order valence-corrected chi connectivity index (χ1v) is 10.0. The fourth-order valence-electron chi connectivity index (χ4n) is 2.77. The van der Waals surface area contributed by atoms with Crippen LogP contribution in [0.1, 0.15) is 23.3 Å². The maximum Gasteiger partial charge on any atom is 0.218 e. The number of ether oxygens (including phenoxy) is 1. The smallest absolute Gasteiger partial charge is 0.218 e. The topological polar surface area (TPSA) is 49.9 Å². The zero-order valence-electron chi connectivity index (χ0n) is 13.6. The summed E-state index contributed by atoms with van der Waals surface area (Å²) < 4.78 is 31.7. The maximum atomic E-state index is 12.7. The molecular formula is C15H26N2O3S2. The van der Waals surface area contributed by atoms with Crippen LogP contribution in [0.5, 0.6) is 0 Å². The van der Waals surface area contributed by atoms with E-state index in [1.165, 1.54) is 14.7 Å². The Labute approximate surface area is 137 Å². The zero-order chi connectivity index (χ0) is 16.2. The molecule has 0 aromatic carbocycles. The van der Waals surface area contributed by atoms with Crippen molar-refractivity contribution in [1.82, 2.24) is 9.21 Å². The Kier molecular flexibility index (Phi) is 6.40. The number of piperidine rings is 1. The summed E-state index contributed by atoms with van der Waals surface area (Å²) in [6.07, 6.45) is 1.69. The van der Waals surface area contributed by atoms with E-state index in [1.54, 1.807) is 25.5 Å². The van der Waals surface area contributed by atoms with Crippen molar-refractivity contribution in [3.8, 4) is 0 Å². The molecule has 22 heavy (non-hydrogen) atoms. The van der Waals surface area contributed by atoms with Gasteiger partial charge < -0.3 is 4.74 Å². The third kappa shape index (κ3) is 4.29. The third-order valence-electron chi connectivity index (χ3n) is 4.26. The van der Waals surface area contributed by atoms with Gasteiger partial charge in [0.2, 0.25) is 10.0 Å². The summed E-state index contributed by atoms with van der Waals surface area (Å²) in [7, 11) is -0.00219. The normalized spacial score (nSPS) is 20.6. The Morgan fingerprint density at radius 2 is 2.27 bits per heavy atom. The van der Waals surface area contributed by atoms with Crippen LogP contribution >= 0.6 is 11.3 Å². The number of thiophene rings is 1. The lowest BCUT2D eigenvalue weighted by Gasteiger charge is -2.34. The number of sulfonamides is 1. The fraction of sp³-hybridized carbons (Fsp3) is 0.733. The van der Waals surface area contributed by atoms with Gasteiger partial charge in [0, 0.05) is 38.7 Å². The van der Waals surface area contributed by atoms with Gasteiger partial charge in [-0.3, -0.25) is 4.90 Å². The first kappa shape index (κ1) is 17.9. The van der Waals surface area contributed by atoms with E-state index < -0.39 is 10.0 Å². The molecule has 126 valence electrons. The number of likely N-dealkylation sites (N-methyl/N-ethyl adjacent to an activating group) is 1. The molecule has 1 fully saturated rings. The molecule has 1 aromatic heterocycles. The molecule has 5 nitrogen and oxygen atoms in total. The highest BCUT2D eigenvalue weighted by molar-refractivity contribution is 7.89. The van der Waals surface area contributed by atoms with Gasteiger partial charge in [0.05, 0.1) is 11.9 Å². The van der Waals surface area contributed by atoms with Gasteiger partial charge in [0.25, 0.3) is 0 Å². The van der Waals surface area contributed by atoms with Crippen molar-refractivity contribution in [1.29, 1.82) is 0 Å². The van der Waals surface area contributed by atoms with Crippen LogP contribution in [0, 0.1) is 6.92 Å². The average Bonchev–Trinajstić information content (AvgIpc) is 2.90. The van der Waals surface area contributed by atoms with Crippen molar-refractivity contribution in [2.75, 3.05) is 40.4 Å². The Bertz CT molecular complexity index is 571. The van der Waals surface area contributed by atoms with Crippen molar-refractivity contribution < 1.29 is 13.2 Å². The van der Waals surface area contributed by atoms with Gasteiger partial charge in [-0.2, -0.15) is 0 Å². The minimum absolute atomic E-state index is 0.302. The molecule has 2 rings (SSSR count). The lowest BCUT2D eigenvalue weighted by atomic mass is 10.1. The average molecular weight is 347 g/mol. The molecule has 1 saturated heterocycles. The molecule has 1 aliphatic heterocycles. The van der Waals surface area contributed by atoms with Gasteiger partial charge in [0.15, 0.2) is 0 Å². The molecule has 0 saturated carbocycles. The van der Waals surface area contributed by atoms with Gasteiger partial charge in [0.1, 0.15) is 0 Å². The van der Waals surface area contributed by atoms with E-state index in [0.717, 1.165) is 25.9 Å². The molecule has 1 aliphatic rings.